The summed E-state index contributed by atoms with van der Waals surface area (Å²) in [5, 5.41) is 8.94. The van der Waals surface area contributed by atoms with Crippen molar-refractivity contribution in [2.24, 2.45) is 0 Å². The third kappa shape index (κ3) is 1.95. The van der Waals surface area contributed by atoms with Crippen LogP contribution in [0.15, 0.2) is 4.79 Å². The predicted octanol–water partition coefficient (Wildman–Crippen LogP) is 0.439. The maximum atomic E-state index is 11.1. The molecule has 1 rings (SSSR count). The van der Waals surface area contributed by atoms with Crippen molar-refractivity contribution in [3.8, 4) is 5.88 Å². The zero-order valence-corrected chi connectivity index (χ0v) is 8.01. The lowest BCUT2D eigenvalue weighted by atomic mass is 10.3. The summed E-state index contributed by atoms with van der Waals surface area (Å²) in [6.07, 6.45) is 0.704. The molecule has 4 N–H and O–H groups in total. The number of nitrogens with two attached hydrogens (primary N) is 1. The van der Waals surface area contributed by atoms with Crippen molar-refractivity contribution in [2.75, 3.05) is 5.73 Å². The van der Waals surface area contributed by atoms with Crippen molar-refractivity contribution in [1.82, 2.24) is 9.97 Å². The monoisotopic (exact) mass is 201 g/mol. The van der Waals surface area contributed by atoms with E-state index in [2.05, 4.69) is 22.6 Å². The van der Waals surface area contributed by atoms with E-state index in [0.29, 0.717) is 12.2 Å². The van der Waals surface area contributed by atoms with Gasteiger partial charge in [0.1, 0.15) is 5.82 Å². The number of thiol groups is 1. The van der Waals surface area contributed by atoms with Gasteiger partial charge in [-0.2, -0.15) is 17.6 Å². The minimum Gasteiger partial charge on any atom is -0.492 e. The average molecular weight is 201 g/mol. The first-order valence-electron chi connectivity index (χ1n) is 3.83. The highest BCUT2D eigenvalue weighted by Gasteiger charge is 2.11. The number of nitrogen functional groups attached to an aromatic ring is 1. The molecule has 0 aromatic carbocycles. The molecule has 1 unspecified atom stereocenters. The molecule has 0 fully saturated rings. The lowest BCUT2D eigenvalue weighted by Crippen LogP contribution is -2.16. The summed E-state index contributed by atoms with van der Waals surface area (Å²) in [6.45, 7) is 1.89. The fourth-order valence-electron chi connectivity index (χ4n) is 0.839. The molecular formula is C7H11N3O2S. The molecule has 0 amide bonds. The van der Waals surface area contributed by atoms with Crippen LogP contribution in [0.2, 0.25) is 0 Å². The Morgan fingerprint density at radius 2 is 2.38 bits per heavy atom. The molecule has 0 saturated carbocycles. The molecule has 13 heavy (non-hydrogen) atoms. The number of rotatable bonds is 2. The van der Waals surface area contributed by atoms with Crippen LogP contribution in [0.1, 0.15) is 24.4 Å². The number of aromatic hydroxyl groups is 1. The molecule has 0 spiro atoms. The lowest BCUT2D eigenvalue weighted by Gasteiger charge is -2.07. The van der Waals surface area contributed by atoms with E-state index in [0.717, 1.165) is 0 Å². The lowest BCUT2D eigenvalue weighted by molar-refractivity contribution is 0.450. The molecule has 0 saturated heterocycles. The van der Waals surface area contributed by atoms with Crippen molar-refractivity contribution in [1.29, 1.82) is 0 Å². The largest absolute Gasteiger partial charge is 0.492 e. The second-order valence-electron chi connectivity index (χ2n) is 2.61. The number of aromatic amines is 1. The third-order valence-electron chi connectivity index (χ3n) is 1.66. The van der Waals surface area contributed by atoms with Crippen molar-refractivity contribution in [3.05, 3.63) is 16.2 Å². The fraction of sp³-hybridized carbons (Fsp3) is 0.429. The first kappa shape index (κ1) is 9.91. The minimum atomic E-state index is -0.532. The first-order valence-corrected chi connectivity index (χ1v) is 4.34. The van der Waals surface area contributed by atoms with Gasteiger partial charge < -0.3 is 15.8 Å². The van der Waals surface area contributed by atoms with Crippen molar-refractivity contribution in [2.45, 2.75) is 18.6 Å². The number of hydrogen-bond acceptors (Lipinski definition) is 5. The maximum Gasteiger partial charge on any atom is 0.278 e. The van der Waals surface area contributed by atoms with Crippen molar-refractivity contribution >= 4 is 18.3 Å². The van der Waals surface area contributed by atoms with Gasteiger partial charge in [0.25, 0.3) is 5.56 Å². The van der Waals surface area contributed by atoms with Crippen LogP contribution in [0.4, 0.5) is 5.69 Å². The molecule has 0 radical (unpaired) electrons. The van der Waals surface area contributed by atoms with Gasteiger partial charge in [-0.15, -0.1) is 0 Å². The van der Waals surface area contributed by atoms with Crippen molar-refractivity contribution < 1.29 is 5.11 Å². The number of nitrogens with one attached hydrogen (secondary N) is 1. The van der Waals surface area contributed by atoms with Gasteiger partial charge in [-0.05, 0) is 6.42 Å². The third-order valence-corrected chi connectivity index (χ3v) is 2.27. The Balaban J connectivity index is 3.21. The summed E-state index contributed by atoms with van der Waals surface area (Å²) in [4.78, 5) is 17.2. The van der Waals surface area contributed by atoms with Gasteiger partial charge in [0, 0.05) is 0 Å². The highest BCUT2D eigenvalue weighted by atomic mass is 32.1. The summed E-state index contributed by atoms with van der Waals surface area (Å²) in [5.41, 5.74) is 4.42. The zero-order valence-electron chi connectivity index (χ0n) is 7.11. The summed E-state index contributed by atoms with van der Waals surface area (Å²) < 4.78 is 0. The second-order valence-corrected chi connectivity index (χ2v) is 3.24. The molecular weight excluding hydrogens is 190 g/mol. The van der Waals surface area contributed by atoms with Crippen LogP contribution < -0.4 is 11.3 Å². The summed E-state index contributed by atoms with van der Waals surface area (Å²) in [5.74, 6) is -0.103. The van der Waals surface area contributed by atoms with E-state index in [4.69, 9.17) is 10.8 Å². The number of H-pyrrole nitrogens is 1. The molecule has 0 aliphatic heterocycles. The van der Waals surface area contributed by atoms with Gasteiger partial charge in [-0.1, -0.05) is 6.92 Å². The molecule has 0 aliphatic rings. The highest BCUT2D eigenvalue weighted by Crippen LogP contribution is 2.21. The molecule has 1 heterocycles. The van der Waals surface area contributed by atoms with Crippen LogP contribution in [0.3, 0.4) is 0 Å². The van der Waals surface area contributed by atoms with Crippen LogP contribution in [-0.4, -0.2) is 15.1 Å². The Morgan fingerprint density at radius 1 is 1.77 bits per heavy atom. The molecule has 6 heteroatoms. The van der Waals surface area contributed by atoms with Gasteiger partial charge in [0.15, 0.2) is 5.69 Å². The summed E-state index contributed by atoms with van der Waals surface area (Å²) in [6, 6.07) is 0. The molecule has 5 nitrogen and oxygen atoms in total. The molecule has 1 atom stereocenters. The Kier molecular flexibility index (Phi) is 2.82. The number of anilines is 1. The molecule has 1 aromatic heterocycles. The Bertz CT molecular complexity index is 363. The molecule has 0 aliphatic carbocycles. The van der Waals surface area contributed by atoms with Crippen LogP contribution in [0, 0.1) is 0 Å². The van der Waals surface area contributed by atoms with E-state index in [1.54, 1.807) is 0 Å². The normalized spacial score (nSPS) is 12.8. The smallest absolute Gasteiger partial charge is 0.278 e. The van der Waals surface area contributed by atoms with E-state index in [1.165, 1.54) is 0 Å². The van der Waals surface area contributed by atoms with Gasteiger partial charge >= 0.3 is 0 Å². The van der Waals surface area contributed by atoms with Gasteiger partial charge in [0.2, 0.25) is 5.88 Å². The Labute approximate surface area is 80.4 Å². The van der Waals surface area contributed by atoms with E-state index in [-0.39, 0.29) is 10.9 Å². The molecule has 1 aromatic rings. The van der Waals surface area contributed by atoms with E-state index >= 15 is 0 Å². The van der Waals surface area contributed by atoms with E-state index < -0.39 is 11.4 Å². The van der Waals surface area contributed by atoms with Crippen molar-refractivity contribution in [3.63, 3.8) is 0 Å². The quantitative estimate of drug-likeness (QED) is 0.522. The van der Waals surface area contributed by atoms with Crippen LogP contribution in [0.5, 0.6) is 5.88 Å². The Morgan fingerprint density at radius 3 is 2.85 bits per heavy atom. The summed E-state index contributed by atoms with van der Waals surface area (Å²) >= 11 is 4.16. The standard InChI is InChI=1S/C7H11N3O2S/c1-2-3(13)5-9-6(11)4(8)7(12)10-5/h3,13H,2,8H2,1H3,(H2,9,10,11,12). The zero-order chi connectivity index (χ0) is 10.0. The van der Waals surface area contributed by atoms with E-state index in [9.17, 15) is 4.79 Å². The van der Waals surface area contributed by atoms with Crippen LogP contribution in [-0.2, 0) is 0 Å². The number of nitrogens with zero attached hydrogens (tertiary/aromatic N) is 1. The SMILES string of the molecule is CCC(S)c1nc(O)c(N)c(=O)[nH]1. The maximum absolute atomic E-state index is 11.1. The topological polar surface area (TPSA) is 92.0 Å². The predicted molar refractivity (Wildman–Crippen MR) is 53.0 cm³/mol. The molecule has 0 bridgehead atoms. The fourth-order valence-corrected chi connectivity index (χ4v) is 0.961. The Hall–Kier alpha value is -1.17. The molecule has 72 valence electrons. The van der Waals surface area contributed by atoms with Crippen LogP contribution >= 0.6 is 12.6 Å². The van der Waals surface area contributed by atoms with Gasteiger partial charge in [0.05, 0.1) is 5.25 Å². The number of aromatic nitrogens is 2. The number of hydrogen-bond donors (Lipinski definition) is 4. The van der Waals surface area contributed by atoms with Gasteiger partial charge in [-0.3, -0.25) is 4.79 Å². The van der Waals surface area contributed by atoms with Crippen LogP contribution in [0.25, 0.3) is 0 Å². The highest BCUT2D eigenvalue weighted by molar-refractivity contribution is 7.80. The summed E-state index contributed by atoms with van der Waals surface area (Å²) in [7, 11) is 0. The first-order chi connectivity index (χ1) is 6.06. The van der Waals surface area contributed by atoms with E-state index in [1.807, 2.05) is 6.92 Å². The average Bonchev–Trinajstić information content (AvgIpc) is 2.12. The minimum absolute atomic E-state index is 0.195. The second kappa shape index (κ2) is 3.69. The van der Waals surface area contributed by atoms with Gasteiger partial charge in [-0.25, -0.2) is 0 Å².